The van der Waals surface area contributed by atoms with Gasteiger partial charge in [0.2, 0.25) is 0 Å². The Labute approximate surface area is 107 Å². The van der Waals surface area contributed by atoms with E-state index in [9.17, 15) is 0 Å². The zero-order valence-electron chi connectivity index (χ0n) is 9.47. The molecule has 0 saturated heterocycles. The SMILES string of the molecule is c1ccc(CCc2nc3ccccc3[se]2)cc1. The molecule has 0 unspecified atom stereocenters. The number of aryl methyl sites for hydroxylation is 2. The number of rotatable bonds is 3. The molecule has 1 heterocycles. The maximum atomic E-state index is 4.71. The van der Waals surface area contributed by atoms with E-state index in [0.717, 1.165) is 12.8 Å². The molecule has 3 aromatic rings. The van der Waals surface area contributed by atoms with Crippen LogP contribution in [-0.2, 0) is 12.8 Å². The molecule has 0 aliphatic heterocycles. The fourth-order valence-electron chi connectivity index (χ4n) is 1.92. The van der Waals surface area contributed by atoms with Crippen molar-refractivity contribution in [1.29, 1.82) is 0 Å². The zero-order valence-corrected chi connectivity index (χ0v) is 11.2. The first-order valence-electron chi connectivity index (χ1n) is 5.80. The van der Waals surface area contributed by atoms with Gasteiger partial charge in [0.15, 0.2) is 0 Å². The van der Waals surface area contributed by atoms with Crippen LogP contribution in [-0.4, -0.2) is 19.5 Å². The summed E-state index contributed by atoms with van der Waals surface area (Å²) in [6.07, 6.45) is 2.20. The van der Waals surface area contributed by atoms with Crippen LogP contribution < -0.4 is 0 Å². The summed E-state index contributed by atoms with van der Waals surface area (Å²) in [5.41, 5.74) is 2.59. The van der Waals surface area contributed by atoms with Crippen molar-refractivity contribution in [1.82, 2.24) is 4.98 Å². The molecule has 3 rings (SSSR count). The van der Waals surface area contributed by atoms with E-state index < -0.39 is 0 Å². The molecule has 1 aromatic heterocycles. The molecule has 0 saturated carbocycles. The molecule has 0 N–H and O–H groups in total. The van der Waals surface area contributed by atoms with E-state index in [4.69, 9.17) is 4.98 Å². The van der Waals surface area contributed by atoms with Crippen LogP contribution in [0, 0.1) is 0 Å². The fourth-order valence-corrected chi connectivity index (χ4v) is 3.95. The van der Waals surface area contributed by atoms with E-state index in [1.165, 1.54) is 19.9 Å². The Hall–Kier alpha value is -1.37. The topological polar surface area (TPSA) is 12.9 Å². The molecule has 0 aliphatic carbocycles. The van der Waals surface area contributed by atoms with Gasteiger partial charge in [-0.05, 0) is 0 Å². The van der Waals surface area contributed by atoms with E-state index in [1.54, 1.807) is 0 Å². The number of benzene rings is 2. The third-order valence-electron chi connectivity index (χ3n) is 2.81. The number of nitrogens with zero attached hydrogens (tertiary/aromatic N) is 1. The van der Waals surface area contributed by atoms with E-state index >= 15 is 0 Å². The van der Waals surface area contributed by atoms with Gasteiger partial charge in [0, 0.05) is 0 Å². The molecule has 84 valence electrons. The van der Waals surface area contributed by atoms with E-state index in [-0.39, 0.29) is 0 Å². The van der Waals surface area contributed by atoms with Crippen molar-refractivity contribution < 1.29 is 0 Å². The summed E-state index contributed by atoms with van der Waals surface area (Å²) in [6, 6.07) is 19.1. The summed E-state index contributed by atoms with van der Waals surface area (Å²) in [4.78, 5) is 4.71. The van der Waals surface area contributed by atoms with Crippen LogP contribution in [0.15, 0.2) is 54.6 Å². The molecule has 0 spiro atoms. The summed E-state index contributed by atoms with van der Waals surface area (Å²) >= 11 is 0.450. The van der Waals surface area contributed by atoms with Crippen molar-refractivity contribution in [3.05, 3.63) is 64.7 Å². The van der Waals surface area contributed by atoms with Crippen molar-refractivity contribution in [3.63, 3.8) is 0 Å². The Balaban J connectivity index is 1.77. The predicted octanol–water partition coefficient (Wildman–Crippen LogP) is 3.08. The van der Waals surface area contributed by atoms with Gasteiger partial charge in [-0.1, -0.05) is 0 Å². The van der Waals surface area contributed by atoms with Crippen LogP contribution >= 0.6 is 0 Å². The number of hydrogen-bond donors (Lipinski definition) is 0. The molecule has 1 nitrogen and oxygen atoms in total. The molecule has 2 heteroatoms. The molecule has 0 bridgehead atoms. The van der Waals surface area contributed by atoms with E-state index in [1.807, 2.05) is 0 Å². The first kappa shape index (κ1) is 10.8. The molecule has 0 atom stereocenters. The van der Waals surface area contributed by atoms with E-state index in [2.05, 4.69) is 54.6 Å². The molecule has 0 amide bonds. The summed E-state index contributed by atoms with van der Waals surface area (Å²) in [5.74, 6) is 0. The van der Waals surface area contributed by atoms with Gasteiger partial charge < -0.3 is 0 Å². The van der Waals surface area contributed by atoms with Gasteiger partial charge >= 0.3 is 107 Å². The molecule has 17 heavy (non-hydrogen) atoms. The van der Waals surface area contributed by atoms with Crippen LogP contribution in [0.25, 0.3) is 9.78 Å². The van der Waals surface area contributed by atoms with Crippen LogP contribution in [0.5, 0.6) is 0 Å². The van der Waals surface area contributed by atoms with Gasteiger partial charge in [-0.2, -0.15) is 0 Å². The van der Waals surface area contributed by atoms with Gasteiger partial charge in [-0.3, -0.25) is 0 Å². The van der Waals surface area contributed by atoms with Crippen molar-refractivity contribution in [3.8, 4) is 0 Å². The Bertz CT molecular complexity index is 580. The Morgan fingerprint density at radius 1 is 0.824 bits per heavy atom. The first-order valence-corrected chi connectivity index (χ1v) is 7.51. The third-order valence-corrected chi connectivity index (χ3v) is 5.11. The van der Waals surface area contributed by atoms with Gasteiger partial charge in [0.05, 0.1) is 0 Å². The van der Waals surface area contributed by atoms with E-state index in [0.29, 0.717) is 14.5 Å². The van der Waals surface area contributed by atoms with Gasteiger partial charge in [-0.25, -0.2) is 0 Å². The Morgan fingerprint density at radius 3 is 2.41 bits per heavy atom. The second-order valence-corrected chi connectivity index (χ2v) is 6.40. The minimum absolute atomic E-state index is 0.450. The minimum atomic E-state index is 0.450. The van der Waals surface area contributed by atoms with Crippen molar-refractivity contribution in [2.24, 2.45) is 0 Å². The van der Waals surface area contributed by atoms with Crippen LogP contribution in [0.1, 0.15) is 10.1 Å². The van der Waals surface area contributed by atoms with Crippen molar-refractivity contribution >= 4 is 24.3 Å². The Kier molecular flexibility index (Phi) is 3.08. The second-order valence-electron chi connectivity index (χ2n) is 4.06. The third kappa shape index (κ3) is 2.49. The average molecular weight is 286 g/mol. The number of aromatic nitrogens is 1. The first-order chi connectivity index (χ1) is 8.42. The zero-order chi connectivity index (χ0) is 11.5. The molecule has 0 radical (unpaired) electrons. The average Bonchev–Trinajstić information content (AvgIpc) is 2.80. The summed E-state index contributed by atoms with van der Waals surface area (Å²) in [7, 11) is 0. The normalized spacial score (nSPS) is 10.8. The molecule has 0 aliphatic rings. The summed E-state index contributed by atoms with van der Waals surface area (Å²) < 4.78 is 2.81. The second kappa shape index (κ2) is 4.87. The maximum absolute atomic E-state index is 4.71. The number of hydrogen-bond acceptors (Lipinski definition) is 1. The standard InChI is InChI=1S/C15H13NSe/c1-2-6-12(7-3-1)10-11-15-16-13-8-4-5-9-14(13)17-15/h1-9H,10-11H2. The fraction of sp³-hybridized carbons (Fsp3) is 0.133. The van der Waals surface area contributed by atoms with Crippen molar-refractivity contribution in [2.75, 3.05) is 0 Å². The monoisotopic (exact) mass is 287 g/mol. The molecular formula is C15H13NSe. The number of fused-ring (bicyclic) bond motifs is 1. The van der Waals surface area contributed by atoms with Crippen molar-refractivity contribution in [2.45, 2.75) is 12.8 Å². The quantitative estimate of drug-likeness (QED) is 0.674. The van der Waals surface area contributed by atoms with Gasteiger partial charge in [-0.15, -0.1) is 0 Å². The van der Waals surface area contributed by atoms with Gasteiger partial charge in [0.25, 0.3) is 0 Å². The van der Waals surface area contributed by atoms with Crippen LogP contribution in [0.3, 0.4) is 0 Å². The summed E-state index contributed by atoms with van der Waals surface area (Å²) in [5, 5.41) is 0. The molecule has 0 fully saturated rings. The molecule has 2 aromatic carbocycles. The van der Waals surface area contributed by atoms with Crippen LogP contribution in [0.2, 0.25) is 0 Å². The number of para-hydroxylation sites is 1. The Morgan fingerprint density at radius 2 is 1.59 bits per heavy atom. The summed E-state index contributed by atoms with van der Waals surface area (Å²) in [6.45, 7) is 0. The molecular weight excluding hydrogens is 273 g/mol. The van der Waals surface area contributed by atoms with Gasteiger partial charge in [0.1, 0.15) is 0 Å². The predicted molar refractivity (Wildman–Crippen MR) is 72.5 cm³/mol. The van der Waals surface area contributed by atoms with Crippen LogP contribution in [0.4, 0.5) is 0 Å².